The minimum absolute atomic E-state index is 0.364. The van der Waals surface area contributed by atoms with E-state index in [0.717, 1.165) is 43.0 Å². The van der Waals surface area contributed by atoms with Crippen molar-refractivity contribution in [3.63, 3.8) is 0 Å². The average Bonchev–Trinajstić information content (AvgIpc) is 3.11. The summed E-state index contributed by atoms with van der Waals surface area (Å²) in [6.07, 6.45) is 5.59. The van der Waals surface area contributed by atoms with Gasteiger partial charge in [0.05, 0.1) is 11.9 Å². The van der Waals surface area contributed by atoms with Gasteiger partial charge in [0.2, 0.25) is 5.88 Å². The van der Waals surface area contributed by atoms with Crippen LogP contribution in [-0.4, -0.2) is 33.5 Å². The Hall–Kier alpha value is -2.39. The molecule has 26 heavy (non-hydrogen) atoms. The predicted octanol–water partition coefficient (Wildman–Crippen LogP) is 1.97. The van der Waals surface area contributed by atoms with Crippen LogP contribution >= 0.6 is 11.6 Å². The number of nitrogens with one attached hydrogen (secondary N) is 3. The number of imidazole rings is 1. The van der Waals surface area contributed by atoms with Gasteiger partial charge in [0, 0.05) is 22.8 Å². The van der Waals surface area contributed by atoms with Crippen molar-refractivity contribution in [2.24, 2.45) is 5.84 Å². The van der Waals surface area contributed by atoms with Crippen LogP contribution in [-0.2, 0) is 0 Å². The van der Waals surface area contributed by atoms with Crippen molar-refractivity contribution >= 4 is 23.1 Å². The number of halogens is 1. The molecule has 9 heteroatoms. The lowest BCUT2D eigenvalue weighted by Crippen LogP contribution is -2.35. The molecule has 1 aliphatic heterocycles. The van der Waals surface area contributed by atoms with Crippen LogP contribution in [0.25, 0.3) is 16.9 Å². The molecule has 2 aromatic heterocycles. The van der Waals surface area contributed by atoms with Crippen molar-refractivity contribution in [1.29, 1.82) is 0 Å². The number of nitrogens with two attached hydrogens (primary N) is 1. The topological polar surface area (TPSA) is 102 Å². The molecular formula is C17H20ClN7O. The third-order valence-electron chi connectivity index (χ3n) is 4.44. The summed E-state index contributed by atoms with van der Waals surface area (Å²) >= 11 is 5.99. The molecule has 1 saturated heterocycles. The SMILES string of the molecule is NNOc1cnc(NC2CCNCC2)c2nc(-c3ccc(Cl)cc3)cn12. The summed E-state index contributed by atoms with van der Waals surface area (Å²) in [6.45, 7) is 1.99. The summed E-state index contributed by atoms with van der Waals surface area (Å²) in [4.78, 5) is 14.5. The van der Waals surface area contributed by atoms with Gasteiger partial charge >= 0.3 is 0 Å². The minimum Gasteiger partial charge on any atom is -0.373 e. The molecule has 136 valence electrons. The van der Waals surface area contributed by atoms with Crippen molar-refractivity contribution in [1.82, 2.24) is 25.3 Å². The second-order valence-corrected chi connectivity index (χ2v) is 6.60. The third kappa shape index (κ3) is 3.45. The van der Waals surface area contributed by atoms with Crippen LogP contribution in [0.5, 0.6) is 5.88 Å². The van der Waals surface area contributed by atoms with Gasteiger partial charge in [-0.3, -0.25) is 4.40 Å². The second kappa shape index (κ2) is 7.46. The molecule has 0 aliphatic carbocycles. The molecule has 0 bridgehead atoms. The molecule has 3 aromatic rings. The van der Waals surface area contributed by atoms with Crippen LogP contribution in [0, 0.1) is 0 Å². The van der Waals surface area contributed by atoms with E-state index >= 15 is 0 Å². The molecule has 5 N–H and O–H groups in total. The number of rotatable bonds is 5. The summed E-state index contributed by atoms with van der Waals surface area (Å²) in [5.74, 6) is 6.48. The van der Waals surface area contributed by atoms with E-state index in [1.54, 1.807) is 6.20 Å². The zero-order valence-electron chi connectivity index (χ0n) is 14.1. The maximum Gasteiger partial charge on any atom is 0.244 e. The lowest BCUT2D eigenvalue weighted by Gasteiger charge is -2.24. The zero-order valence-corrected chi connectivity index (χ0v) is 14.8. The number of hydrazine groups is 1. The lowest BCUT2D eigenvalue weighted by molar-refractivity contribution is 0.186. The number of anilines is 1. The molecule has 1 aromatic carbocycles. The number of hydrogen-bond acceptors (Lipinski definition) is 7. The van der Waals surface area contributed by atoms with Gasteiger partial charge in [-0.1, -0.05) is 29.3 Å². The number of fused-ring (bicyclic) bond motifs is 1. The van der Waals surface area contributed by atoms with E-state index in [-0.39, 0.29) is 0 Å². The Balaban J connectivity index is 1.74. The first-order valence-corrected chi connectivity index (χ1v) is 8.86. The first-order chi connectivity index (χ1) is 12.7. The van der Waals surface area contributed by atoms with E-state index < -0.39 is 0 Å². The third-order valence-corrected chi connectivity index (χ3v) is 4.69. The van der Waals surface area contributed by atoms with Gasteiger partial charge < -0.3 is 15.5 Å². The number of piperidine rings is 1. The zero-order chi connectivity index (χ0) is 17.9. The van der Waals surface area contributed by atoms with Crippen LogP contribution in [0.2, 0.25) is 5.02 Å². The highest BCUT2D eigenvalue weighted by atomic mass is 35.5. The Morgan fingerprint density at radius 2 is 2.00 bits per heavy atom. The first-order valence-electron chi connectivity index (χ1n) is 8.48. The normalized spacial score (nSPS) is 15.3. The fraction of sp³-hybridized carbons (Fsp3) is 0.294. The highest BCUT2D eigenvalue weighted by molar-refractivity contribution is 6.30. The molecule has 4 rings (SSSR count). The summed E-state index contributed by atoms with van der Waals surface area (Å²) in [6, 6.07) is 7.90. The number of nitrogens with zero attached hydrogens (tertiary/aromatic N) is 3. The minimum atomic E-state index is 0.364. The summed E-state index contributed by atoms with van der Waals surface area (Å²) in [5.41, 5.74) is 4.63. The molecule has 0 radical (unpaired) electrons. The molecule has 0 saturated carbocycles. The van der Waals surface area contributed by atoms with Gasteiger partial charge in [-0.2, -0.15) is 0 Å². The Bertz CT molecular complexity index is 890. The van der Waals surface area contributed by atoms with Gasteiger partial charge in [0.1, 0.15) is 0 Å². The molecule has 0 amide bonds. The standard InChI is InChI=1S/C17H20ClN7O/c18-12-3-1-11(2-4-12)14-10-25-15(26-24-19)9-21-16(17(25)23-14)22-13-5-7-20-8-6-13/h1-4,9-10,13,20,24H,5-8,19H2,(H,21,22). The molecule has 0 spiro atoms. The van der Waals surface area contributed by atoms with E-state index in [0.29, 0.717) is 22.6 Å². The van der Waals surface area contributed by atoms with E-state index in [2.05, 4.69) is 21.2 Å². The average molecular weight is 374 g/mol. The van der Waals surface area contributed by atoms with Crippen LogP contribution < -0.4 is 26.9 Å². The highest BCUT2D eigenvalue weighted by Gasteiger charge is 2.18. The maximum absolute atomic E-state index is 5.99. The van der Waals surface area contributed by atoms with E-state index in [1.807, 2.05) is 34.9 Å². The van der Waals surface area contributed by atoms with Crippen LogP contribution in [0.1, 0.15) is 12.8 Å². The summed E-state index contributed by atoms with van der Waals surface area (Å²) in [5, 5.41) is 7.55. The Morgan fingerprint density at radius 3 is 2.73 bits per heavy atom. The smallest absolute Gasteiger partial charge is 0.244 e. The number of aromatic nitrogens is 3. The largest absolute Gasteiger partial charge is 0.373 e. The first kappa shape index (κ1) is 17.0. The van der Waals surface area contributed by atoms with Gasteiger partial charge in [-0.05, 0) is 38.1 Å². The van der Waals surface area contributed by atoms with Crippen molar-refractivity contribution < 1.29 is 4.84 Å². The predicted molar refractivity (Wildman–Crippen MR) is 101 cm³/mol. The van der Waals surface area contributed by atoms with Crippen molar-refractivity contribution in [2.45, 2.75) is 18.9 Å². The molecule has 3 heterocycles. The Labute approximate surface area is 155 Å². The molecule has 0 unspecified atom stereocenters. The summed E-state index contributed by atoms with van der Waals surface area (Å²) < 4.78 is 1.82. The fourth-order valence-electron chi connectivity index (χ4n) is 3.11. The summed E-state index contributed by atoms with van der Waals surface area (Å²) in [7, 11) is 0. The van der Waals surface area contributed by atoms with Gasteiger partial charge in [-0.25, -0.2) is 15.8 Å². The number of hydrogen-bond donors (Lipinski definition) is 4. The monoisotopic (exact) mass is 373 g/mol. The maximum atomic E-state index is 5.99. The van der Waals surface area contributed by atoms with Crippen LogP contribution in [0.4, 0.5) is 5.82 Å². The van der Waals surface area contributed by atoms with E-state index in [4.69, 9.17) is 27.3 Å². The quantitative estimate of drug-likeness (QED) is 0.400. The molecular weight excluding hydrogens is 354 g/mol. The molecule has 1 aliphatic rings. The van der Waals surface area contributed by atoms with Gasteiger partial charge in [-0.15, -0.1) is 0 Å². The van der Waals surface area contributed by atoms with Crippen LogP contribution in [0.3, 0.4) is 0 Å². The Morgan fingerprint density at radius 1 is 1.23 bits per heavy atom. The molecule has 8 nitrogen and oxygen atoms in total. The second-order valence-electron chi connectivity index (χ2n) is 6.16. The lowest BCUT2D eigenvalue weighted by atomic mass is 10.1. The van der Waals surface area contributed by atoms with Crippen molar-refractivity contribution in [3.05, 3.63) is 41.7 Å². The van der Waals surface area contributed by atoms with E-state index in [1.165, 1.54) is 0 Å². The van der Waals surface area contributed by atoms with Gasteiger partial charge in [0.25, 0.3) is 0 Å². The molecule has 0 atom stereocenters. The van der Waals surface area contributed by atoms with Crippen molar-refractivity contribution in [2.75, 3.05) is 18.4 Å². The number of benzene rings is 1. The van der Waals surface area contributed by atoms with Crippen LogP contribution in [0.15, 0.2) is 36.7 Å². The molecule has 1 fully saturated rings. The van der Waals surface area contributed by atoms with Crippen molar-refractivity contribution in [3.8, 4) is 17.1 Å². The van der Waals surface area contributed by atoms with Gasteiger partial charge in [0.15, 0.2) is 11.5 Å². The Kier molecular flexibility index (Phi) is 4.89. The fourth-order valence-corrected chi connectivity index (χ4v) is 3.24. The highest BCUT2D eigenvalue weighted by Crippen LogP contribution is 2.27. The van der Waals surface area contributed by atoms with E-state index in [9.17, 15) is 0 Å².